The molecule has 0 unspecified atom stereocenters. The maximum atomic E-state index is 9.31. The molecule has 0 atom stereocenters. The van der Waals surface area contributed by atoms with Gasteiger partial charge >= 0.3 is 0 Å². The third-order valence-electron chi connectivity index (χ3n) is 1.64. The Balaban J connectivity index is 0.000000223. The zero-order valence-electron chi connectivity index (χ0n) is 7.19. The third kappa shape index (κ3) is 11.4. The molecule has 13 heavy (non-hydrogen) atoms. The summed E-state index contributed by atoms with van der Waals surface area (Å²) in [6, 6.07) is 0. The van der Waals surface area contributed by atoms with Crippen LogP contribution in [0, 0.1) is 0 Å². The Hall–Kier alpha value is -0.580. The van der Waals surface area contributed by atoms with E-state index in [0.29, 0.717) is 0 Å². The molecule has 1 saturated carbocycles. The maximum Gasteiger partial charge on any atom is 0.276 e. The van der Waals surface area contributed by atoms with Gasteiger partial charge in [0.25, 0.3) is 20.6 Å². The molecule has 1 rings (SSSR count). The second-order valence-corrected chi connectivity index (χ2v) is 4.28. The Morgan fingerprint density at radius 1 is 0.615 bits per heavy atom. The summed E-state index contributed by atoms with van der Waals surface area (Å²) in [5.41, 5.74) is 0. The smallest absolute Gasteiger partial charge is 0.174 e. The van der Waals surface area contributed by atoms with Gasteiger partial charge in [0.2, 0.25) is 0 Å². The first kappa shape index (κ1) is 12.4. The molecule has 0 N–H and O–H groups in total. The van der Waals surface area contributed by atoms with Crippen LogP contribution in [-0.2, 0) is 20.6 Å². The second-order valence-electron chi connectivity index (χ2n) is 2.67. The van der Waals surface area contributed by atoms with Crippen molar-refractivity contribution in [2.45, 2.75) is 38.5 Å². The van der Waals surface area contributed by atoms with Gasteiger partial charge in [0, 0.05) is 0 Å². The van der Waals surface area contributed by atoms with E-state index in [9.17, 15) is 16.8 Å². The minimum atomic E-state index is -2.71. The Morgan fingerprint density at radius 2 is 0.846 bits per heavy atom. The zero-order chi connectivity index (χ0) is 10.1. The molecular weight excluding hydrogens is 212 g/mol. The normalized spacial score (nSPS) is 14.8. The van der Waals surface area contributed by atoms with Crippen LogP contribution in [0.1, 0.15) is 38.5 Å². The fourth-order valence-corrected chi connectivity index (χ4v) is 1.56. The van der Waals surface area contributed by atoms with Crippen molar-refractivity contribution < 1.29 is 16.8 Å². The molecule has 4 nitrogen and oxygen atoms in total. The Labute approximate surface area is 80.7 Å². The van der Waals surface area contributed by atoms with Gasteiger partial charge in [-0.15, -0.1) is 0 Å². The van der Waals surface area contributed by atoms with E-state index in [0.717, 1.165) is 4.31 Å². The highest BCUT2D eigenvalue weighted by atomic mass is 32.2. The third-order valence-corrected chi connectivity index (χ3v) is 2.72. The van der Waals surface area contributed by atoms with Gasteiger partial charge in [0.15, 0.2) is 0 Å². The van der Waals surface area contributed by atoms with Crippen molar-refractivity contribution in [1.29, 1.82) is 0 Å². The first-order chi connectivity index (χ1) is 6.13. The van der Waals surface area contributed by atoms with E-state index in [1.807, 2.05) is 0 Å². The van der Waals surface area contributed by atoms with Crippen molar-refractivity contribution >= 4 is 24.9 Å². The van der Waals surface area contributed by atoms with Gasteiger partial charge < -0.3 is 0 Å². The van der Waals surface area contributed by atoms with E-state index < -0.39 is 20.6 Å². The highest BCUT2D eigenvalue weighted by Gasteiger charge is 1.95. The standard InChI is InChI=1S/C6H12.CO4S2/c1-2-4-6-5-3-1;2-6(3)1-7(4)5/h1-6H2;. The first-order valence-electron chi connectivity index (χ1n) is 4.07. The molecule has 0 amide bonds. The molecule has 0 aliphatic heterocycles. The molecule has 0 aromatic rings. The monoisotopic (exact) mass is 224 g/mol. The van der Waals surface area contributed by atoms with Crippen LogP contribution in [0.25, 0.3) is 0 Å². The van der Waals surface area contributed by atoms with Crippen LogP contribution in [0.4, 0.5) is 0 Å². The van der Waals surface area contributed by atoms with Crippen LogP contribution >= 0.6 is 0 Å². The van der Waals surface area contributed by atoms with Gasteiger partial charge in [-0.25, -0.2) is 0 Å². The Kier molecular flexibility index (Phi) is 7.68. The average molecular weight is 224 g/mol. The lowest BCUT2D eigenvalue weighted by Crippen LogP contribution is -1.85. The zero-order valence-corrected chi connectivity index (χ0v) is 8.83. The van der Waals surface area contributed by atoms with Gasteiger partial charge in [-0.2, -0.15) is 16.8 Å². The number of rotatable bonds is 0. The lowest BCUT2D eigenvalue weighted by atomic mass is 10.0. The highest BCUT2D eigenvalue weighted by molar-refractivity contribution is 7.86. The van der Waals surface area contributed by atoms with E-state index in [2.05, 4.69) is 0 Å². The van der Waals surface area contributed by atoms with Gasteiger partial charge in [-0.3, -0.25) is 0 Å². The summed E-state index contributed by atoms with van der Waals surface area (Å²) >= 11 is 0. The molecule has 1 aliphatic rings. The average Bonchev–Trinajstić information content (AvgIpc) is 2.06. The molecule has 0 heterocycles. The van der Waals surface area contributed by atoms with Crippen molar-refractivity contribution in [3.63, 3.8) is 0 Å². The lowest BCUT2D eigenvalue weighted by molar-refractivity contribution is 0.504. The molecule has 0 saturated heterocycles. The fraction of sp³-hybridized carbons (Fsp3) is 0.857. The van der Waals surface area contributed by atoms with Crippen molar-refractivity contribution in [3.8, 4) is 0 Å². The van der Waals surface area contributed by atoms with Gasteiger partial charge in [0.05, 0.1) is 0 Å². The van der Waals surface area contributed by atoms with Gasteiger partial charge in [-0.05, 0) is 0 Å². The second kappa shape index (κ2) is 8.04. The van der Waals surface area contributed by atoms with E-state index in [4.69, 9.17) is 0 Å². The van der Waals surface area contributed by atoms with Crippen molar-refractivity contribution in [1.82, 2.24) is 0 Å². The molecule has 0 spiro atoms. The number of hydrogen-bond acceptors (Lipinski definition) is 4. The predicted octanol–water partition coefficient (Wildman–Crippen LogP) is 0.722. The quantitative estimate of drug-likeness (QED) is 0.569. The maximum absolute atomic E-state index is 9.31. The molecule has 0 radical (unpaired) electrons. The summed E-state index contributed by atoms with van der Waals surface area (Å²) in [5.74, 6) is 0. The van der Waals surface area contributed by atoms with Crippen LogP contribution in [-0.4, -0.2) is 21.1 Å². The minimum absolute atomic E-state index is 1.14. The largest absolute Gasteiger partial charge is 0.276 e. The Morgan fingerprint density at radius 3 is 0.923 bits per heavy atom. The van der Waals surface area contributed by atoms with E-state index in [1.165, 1.54) is 38.5 Å². The predicted molar refractivity (Wildman–Crippen MR) is 50.5 cm³/mol. The van der Waals surface area contributed by atoms with E-state index in [1.54, 1.807) is 0 Å². The summed E-state index contributed by atoms with van der Waals surface area (Å²) in [7, 11) is -5.42. The molecule has 0 aromatic carbocycles. The summed E-state index contributed by atoms with van der Waals surface area (Å²) in [4.78, 5) is 0. The summed E-state index contributed by atoms with van der Waals surface area (Å²) in [5, 5.41) is 0. The van der Waals surface area contributed by atoms with Crippen molar-refractivity contribution in [2.75, 3.05) is 0 Å². The highest BCUT2D eigenvalue weighted by Crippen LogP contribution is 2.15. The van der Waals surface area contributed by atoms with Gasteiger partial charge in [-0.1, -0.05) is 38.5 Å². The van der Waals surface area contributed by atoms with E-state index >= 15 is 0 Å². The van der Waals surface area contributed by atoms with E-state index in [-0.39, 0.29) is 0 Å². The molecule has 76 valence electrons. The molecule has 0 bridgehead atoms. The molecule has 1 fully saturated rings. The lowest BCUT2D eigenvalue weighted by Gasteiger charge is -2.05. The Bertz CT molecular complexity index is 323. The SMILES string of the molecule is C1CCCCC1.O=S(=O)=C=S(=O)=O. The van der Waals surface area contributed by atoms with Gasteiger partial charge in [0.1, 0.15) is 4.31 Å². The number of hydrogen-bond donors (Lipinski definition) is 0. The molecule has 1 aliphatic carbocycles. The molecular formula is C7H12O4S2. The van der Waals surface area contributed by atoms with Crippen LogP contribution in [0.15, 0.2) is 0 Å². The van der Waals surface area contributed by atoms with Crippen molar-refractivity contribution in [2.24, 2.45) is 0 Å². The van der Waals surface area contributed by atoms with Crippen molar-refractivity contribution in [3.05, 3.63) is 0 Å². The first-order valence-corrected chi connectivity index (χ1v) is 6.22. The van der Waals surface area contributed by atoms with Crippen LogP contribution in [0.3, 0.4) is 0 Å². The minimum Gasteiger partial charge on any atom is -0.174 e. The summed E-state index contributed by atoms with van der Waals surface area (Å²) in [6.07, 6.45) is 9.00. The molecule has 0 aromatic heterocycles. The van der Waals surface area contributed by atoms with Crippen LogP contribution in [0.2, 0.25) is 0 Å². The molecule has 6 heteroatoms. The van der Waals surface area contributed by atoms with Crippen LogP contribution < -0.4 is 0 Å². The summed E-state index contributed by atoms with van der Waals surface area (Å²) < 4.78 is 38.4. The summed E-state index contributed by atoms with van der Waals surface area (Å²) in [6.45, 7) is 0. The van der Waals surface area contributed by atoms with Crippen LogP contribution in [0.5, 0.6) is 0 Å². The topological polar surface area (TPSA) is 68.3 Å². The fourth-order valence-electron chi connectivity index (χ4n) is 1.12.